The molecule has 0 saturated carbocycles. The molecule has 0 aromatic heterocycles. The normalized spacial score (nSPS) is 15.6. The zero-order valence-corrected chi connectivity index (χ0v) is 18.6. The zero-order chi connectivity index (χ0) is 23.9. The van der Waals surface area contributed by atoms with Gasteiger partial charge in [-0.2, -0.15) is 0 Å². The van der Waals surface area contributed by atoms with Crippen LogP contribution in [0.15, 0.2) is 103 Å². The number of amides is 4. The molecule has 34 heavy (non-hydrogen) atoms. The molecular formula is C26H17N2O5P. The van der Waals surface area contributed by atoms with Crippen LogP contribution in [0.25, 0.3) is 0 Å². The van der Waals surface area contributed by atoms with Crippen molar-refractivity contribution in [2.24, 2.45) is 0 Å². The number of benzene rings is 3. The summed E-state index contributed by atoms with van der Waals surface area (Å²) in [6.07, 6.45) is 4.75. The Morgan fingerprint density at radius 2 is 0.853 bits per heavy atom. The molecular weight excluding hydrogens is 451 g/mol. The predicted octanol–water partition coefficient (Wildman–Crippen LogP) is 2.18. The van der Waals surface area contributed by atoms with Crippen LogP contribution in [0.2, 0.25) is 0 Å². The minimum atomic E-state index is -3.53. The van der Waals surface area contributed by atoms with Gasteiger partial charge in [0.15, 0.2) is 7.14 Å². The van der Waals surface area contributed by atoms with Crippen LogP contribution in [0, 0.1) is 0 Å². The fourth-order valence-electron chi connectivity index (χ4n) is 4.05. The quantitative estimate of drug-likeness (QED) is 0.423. The van der Waals surface area contributed by atoms with E-state index in [4.69, 9.17) is 0 Å². The van der Waals surface area contributed by atoms with Crippen LogP contribution >= 0.6 is 7.14 Å². The Bertz CT molecular complexity index is 1350. The maximum Gasteiger partial charge on any atom is 0.258 e. The van der Waals surface area contributed by atoms with E-state index in [2.05, 4.69) is 0 Å². The lowest BCUT2D eigenvalue weighted by molar-refractivity contribution is -0.121. The second kappa shape index (κ2) is 8.21. The molecule has 0 atom stereocenters. The number of hydrogen-bond donors (Lipinski definition) is 0. The highest BCUT2D eigenvalue weighted by Gasteiger charge is 2.33. The first-order chi connectivity index (χ1) is 16.4. The number of carbonyl (C=O) groups is 4. The first-order valence-corrected chi connectivity index (χ1v) is 12.1. The van der Waals surface area contributed by atoms with Gasteiger partial charge in [0, 0.05) is 40.2 Å². The van der Waals surface area contributed by atoms with E-state index in [9.17, 15) is 23.7 Å². The van der Waals surface area contributed by atoms with Gasteiger partial charge >= 0.3 is 0 Å². The van der Waals surface area contributed by atoms with Crippen molar-refractivity contribution in [3.63, 3.8) is 0 Å². The van der Waals surface area contributed by atoms with Gasteiger partial charge in [-0.1, -0.05) is 54.6 Å². The zero-order valence-electron chi connectivity index (χ0n) is 17.7. The lowest BCUT2D eigenvalue weighted by Crippen LogP contribution is -2.32. The molecule has 7 nitrogen and oxygen atoms in total. The van der Waals surface area contributed by atoms with Gasteiger partial charge in [-0.25, -0.2) is 9.80 Å². The molecule has 0 saturated heterocycles. The molecule has 0 spiro atoms. The van der Waals surface area contributed by atoms with Crippen LogP contribution in [0.5, 0.6) is 0 Å². The van der Waals surface area contributed by atoms with E-state index in [0.29, 0.717) is 27.3 Å². The Labute approximate surface area is 195 Å². The minimum Gasteiger partial charge on any atom is -0.309 e. The van der Waals surface area contributed by atoms with E-state index < -0.39 is 30.8 Å². The number of imide groups is 2. The van der Waals surface area contributed by atoms with Crippen molar-refractivity contribution in [2.45, 2.75) is 0 Å². The molecule has 3 aromatic carbocycles. The number of hydrogen-bond acceptors (Lipinski definition) is 5. The summed E-state index contributed by atoms with van der Waals surface area (Å²) in [6, 6.07) is 21.8. The number of rotatable bonds is 5. The molecule has 2 aliphatic heterocycles. The number of anilines is 2. The minimum absolute atomic E-state index is 0.305. The average molecular weight is 468 g/mol. The van der Waals surface area contributed by atoms with E-state index in [1.807, 2.05) is 0 Å². The fraction of sp³-hybridized carbons (Fsp3) is 0. The van der Waals surface area contributed by atoms with Crippen LogP contribution in [-0.4, -0.2) is 23.6 Å². The summed E-state index contributed by atoms with van der Waals surface area (Å²) >= 11 is 0. The maximum absolute atomic E-state index is 14.9. The molecule has 3 aromatic rings. The summed E-state index contributed by atoms with van der Waals surface area (Å²) < 4.78 is 14.9. The Kier molecular flexibility index (Phi) is 5.19. The smallest absolute Gasteiger partial charge is 0.258 e. The van der Waals surface area contributed by atoms with Crippen molar-refractivity contribution in [2.75, 3.05) is 9.80 Å². The Morgan fingerprint density at radius 3 is 1.26 bits per heavy atom. The monoisotopic (exact) mass is 468 g/mol. The van der Waals surface area contributed by atoms with E-state index in [1.165, 1.54) is 24.3 Å². The summed E-state index contributed by atoms with van der Waals surface area (Å²) in [5, 5.41) is 1.33. The van der Waals surface area contributed by atoms with Gasteiger partial charge in [-0.3, -0.25) is 19.2 Å². The third kappa shape index (κ3) is 3.43. The summed E-state index contributed by atoms with van der Waals surface area (Å²) in [5.41, 5.74) is 0.609. The lowest BCUT2D eigenvalue weighted by atomic mass is 10.3. The highest BCUT2D eigenvalue weighted by atomic mass is 31.2. The van der Waals surface area contributed by atoms with Crippen molar-refractivity contribution in [3.8, 4) is 0 Å². The van der Waals surface area contributed by atoms with Gasteiger partial charge in [-0.05, 0) is 24.3 Å². The largest absolute Gasteiger partial charge is 0.309 e. The van der Waals surface area contributed by atoms with Gasteiger partial charge in [0.1, 0.15) is 0 Å². The van der Waals surface area contributed by atoms with Crippen molar-refractivity contribution in [1.82, 2.24) is 0 Å². The van der Waals surface area contributed by atoms with Gasteiger partial charge in [0.2, 0.25) is 0 Å². The molecule has 0 bridgehead atoms. The average Bonchev–Trinajstić information content (AvgIpc) is 3.38. The van der Waals surface area contributed by atoms with Gasteiger partial charge in [0.05, 0.1) is 11.4 Å². The Hall–Kier alpha value is -4.35. The van der Waals surface area contributed by atoms with Crippen molar-refractivity contribution < 1.29 is 23.7 Å². The van der Waals surface area contributed by atoms with Crippen molar-refractivity contribution in [1.29, 1.82) is 0 Å². The summed E-state index contributed by atoms with van der Waals surface area (Å²) in [4.78, 5) is 50.9. The Balaban J connectivity index is 1.68. The van der Waals surface area contributed by atoms with Gasteiger partial charge in [-0.15, -0.1) is 0 Å². The SMILES string of the molecule is O=C1C=CC(=O)N1c1cccc(P(=O)(c2ccccc2)c2cccc(N3C(=O)C=CC3=O)c2)c1. The topological polar surface area (TPSA) is 91.8 Å². The molecule has 4 amide bonds. The van der Waals surface area contributed by atoms with E-state index in [0.717, 1.165) is 9.80 Å². The second-order valence-corrected chi connectivity index (χ2v) is 10.4. The van der Waals surface area contributed by atoms with Crippen LogP contribution in [0.3, 0.4) is 0 Å². The number of carbonyl (C=O) groups excluding carboxylic acids is 4. The molecule has 166 valence electrons. The predicted molar refractivity (Wildman–Crippen MR) is 129 cm³/mol. The van der Waals surface area contributed by atoms with Gasteiger partial charge in [0.25, 0.3) is 23.6 Å². The summed E-state index contributed by atoms with van der Waals surface area (Å²) in [5.74, 6) is -1.90. The molecule has 0 unspecified atom stereocenters. The highest BCUT2D eigenvalue weighted by molar-refractivity contribution is 7.85. The molecule has 0 fully saturated rings. The standard InChI is InChI=1S/C26H17N2O5P/c29-23-12-13-24(30)27(23)18-6-4-10-21(16-18)34(33,20-8-2-1-3-9-20)22-11-5-7-19(17-22)28-25(31)14-15-26(28)32/h1-17H. The second-order valence-electron chi connectivity index (χ2n) is 7.67. The molecule has 2 heterocycles. The third-order valence-corrected chi connectivity index (χ3v) is 8.68. The molecule has 0 N–H and O–H groups in total. The third-order valence-electron chi connectivity index (χ3n) is 5.64. The summed E-state index contributed by atoms with van der Waals surface area (Å²) in [6.45, 7) is 0. The maximum atomic E-state index is 14.9. The molecule has 5 rings (SSSR count). The number of nitrogens with zero attached hydrogens (tertiary/aromatic N) is 2. The first kappa shape index (κ1) is 21.5. The highest BCUT2D eigenvalue weighted by Crippen LogP contribution is 2.44. The van der Waals surface area contributed by atoms with E-state index in [-0.39, 0.29) is 0 Å². The van der Waals surface area contributed by atoms with E-state index >= 15 is 0 Å². The Morgan fingerprint density at radius 1 is 0.471 bits per heavy atom. The molecule has 0 radical (unpaired) electrons. The van der Waals surface area contributed by atoms with Crippen LogP contribution in [-0.2, 0) is 23.7 Å². The van der Waals surface area contributed by atoms with Crippen LogP contribution in [0.4, 0.5) is 11.4 Å². The van der Waals surface area contributed by atoms with E-state index in [1.54, 1.807) is 78.9 Å². The van der Waals surface area contributed by atoms with Crippen molar-refractivity contribution in [3.05, 3.63) is 103 Å². The van der Waals surface area contributed by atoms with Gasteiger partial charge < -0.3 is 4.57 Å². The first-order valence-electron chi connectivity index (χ1n) is 10.4. The fourth-order valence-corrected chi connectivity index (χ4v) is 6.76. The van der Waals surface area contributed by atoms with Crippen LogP contribution in [0.1, 0.15) is 0 Å². The summed E-state index contributed by atoms with van der Waals surface area (Å²) in [7, 11) is -3.53. The van der Waals surface area contributed by atoms with Crippen LogP contribution < -0.4 is 25.7 Å². The van der Waals surface area contributed by atoms with Crippen molar-refractivity contribution >= 4 is 58.1 Å². The molecule has 8 heteroatoms. The lowest BCUT2D eigenvalue weighted by Gasteiger charge is -2.23. The molecule has 2 aliphatic rings. The molecule has 0 aliphatic carbocycles.